The molecule has 7 heteroatoms. The molecule has 0 aliphatic heterocycles. The van der Waals surface area contributed by atoms with E-state index in [0.29, 0.717) is 0 Å². The van der Waals surface area contributed by atoms with Crippen molar-refractivity contribution in [3.05, 3.63) is 59.7 Å². The van der Waals surface area contributed by atoms with Crippen molar-refractivity contribution in [3.8, 4) is 23.0 Å². The predicted molar refractivity (Wildman–Crippen MR) is 101 cm³/mol. The van der Waals surface area contributed by atoms with Crippen LogP contribution in [-0.2, 0) is 14.3 Å². The van der Waals surface area contributed by atoms with E-state index in [9.17, 15) is 14.4 Å². The van der Waals surface area contributed by atoms with Gasteiger partial charge in [-0.15, -0.1) is 0 Å². The predicted octanol–water partition coefficient (Wildman–Crippen LogP) is 1.73. The molecule has 7 nitrogen and oxygen atoms in total. The van der Waals surface area contributed by atoms with E-state index >= 15 is 0 Å². The molecule has 0 radical (unpaired) electrons. The Hall–Kier alpha value is -3.79. The summed E-state index contributed by atoms with van der Waals surface area (Å²) in [6.07, 6.45) is -0.700. The second-order valence-corrected chi connectivity index (χ2v) is 6.06. The van der Waals surface area contributed by atoms with Crippen LogP contribution in [0.5, 0.6) is 0 Å². The monoisotopic (exact) mass is 378 g/mol. The van der Waals surface area contributed by atoms with Crippen molar-refractivity contribution >= 4 is 18.0 Å². The number of aliphatic carboxylic acids is 1. The third kappa shape index (κ3) is 4.48. The van der Waals surface area contributed by atoms with E-state index in [1.54, 1.807) is 0 Å². The van der Waals surface area contributed by atoms with Gasteiger partial charge in [-0.3, -0.25) is 4.79 Å². The SMILES string of the molecule is O=C(O)C#CCNC(=O)CNC(=O)OCC1c2ccccc2-c2ccccc21. The normalized spacial score (nSPS) is 11.4. The molecular weight excluding hydrogens is 360 g/mol. The highest BCUT2D eigenvalue weighted by Crippen LogP contribution is 2.44. The molecule has 0 saturated carbocycles. The van der Waals surface area contributed by atoms with Crippen molar-refractivity contribution in [2.24, 2.45) is 0 Å². The summed E-state index contributed by atoms with van der Waals surface area (Å²) in [5.74, 6) is 2.31. The maximum atomic E-state index is 11.9. The number of alkyl carbamates (subject to hydrolysis) is 1. The number of nitrogens with one attached hydrogen (secondary N) is 2. The Morgan fingerprint density at radius 3 is 2.18 bits per heavy atom. The molecule has 28 heavy (non-hydrogen) atoms. The van der Waals surface area contributed by atoms with Crippen LogP contribution in [-0.4, -0.2) is 42.8 Å². The lowest BCUT2D eigenvalue weighted by molar-refractivity contribution is -0.130. The minimum Gasteiger partial charge on any atom is -0.472 e. The third-order valence-corrected chi connectivity index (χ3v) is 4.31. The highest BCUT2D eigenvalue weighted by Gasteiger charge is 2.28. The Morgan fingerprint density at radius 2 is 1.57 bits per heavy atom. The summed E-state index contributed by atoms with van der Waals surface area (Å²) in [5, 5.41) is 13.1. The Kier molecular flexibility index (Phi) is 5.92. The average Bonchev–Trinajstić information content (AvgIpc) is 3.02. The molecule has 0 atom stereocenters. The van der Waals surface area contributed by atoms with Crippen LogP contribution < -0.4 is 10.6 Å². The van der Waals surface area contributed by atoms with Crippen molar-refractivity contribution in [2.75, 3.05) is 19.7 Å². The number of rotatable bonds is 5. The molecule has 3 N–H and O–H groups in total. The minimum atomic E-state index is -1.27. The van der Waals surface area contributed by atoms with E-state index in [0.717, 1.165) is 22.3 Å². The van der Waals surface area contributed by atoms with Crippen molar-refractivity contribution in [1.29, 1.82) is 0 Å². The second-order valence-electron chi connectivity index (χ2n) is 6.06. The van der Waals surface area contributed by atoms with E-state index in [4.69, 9.17) is 9.84 Å². The Balaban J connectivity index is 1.51. The lowest BCUT2D eigenvalue weighted by Crippen LogP contribution is -2.37. The number of carbonyl (C=O) groups is 3. The molecule has 0 spiro atoms. The number of benzene rings is 2. The van der Waals surface area contributed by atoms with Crippen LogP contribution in [0.15, 0.2) is 48.5 Å². The molecular formula is C21H18N2O5. The number of carboxylic acid groups (broad SMARTS) is 1. The van der Waals surface area contributed by atoms with Crippen molar-refractivity contribution in [2.45, 2.75) is 5.92 Å². The first-order valence-electron chi connectivity index (χ1n) is 8.63. The molecule has 0 bridgehead atoms. The molecule has 0 fully saturated rings. The standard InChI is InChI=1S/C21H18N2O5/c24-19(22-11-5-10-20(25)26)12-23-21(27)28-13-18-16-8-3-1-6-14(16)15-7-2-4-9-17(15)18/h1-4,6-9,18H,11-13H2,(H,22,24)(H,23,27)(H,25,26). The van der Waals surface area contributed by atoms with E-state index in [1.807, 2.05) is 54.5 Å². The summed E-state index contributed by atoms with van der Waals surface area (Å²) in [6.45, 7) is -0.242. The first-order valence-corrected chi connectivity index (χ1v) is 8.63. The van der Waals surface area contributed by atoms with Crippen LogP contribution in [0.4, 0.5) is 4.79 Å². The topological polar surface area (TPSA) is 105 Å². The van der Waals surface area contributed by atoms with E-state index in [1.165, 1.54) is 0 Å². The molecule has 2 aromatic carbocycles. The van der Waals surface area contributed by atoms with Gasteiger partial charge in [-0.1, -0.05) is 54.5 Å². The maximum Gasteiger partial charge on any atom is 0.407 e. The highest BCUT2D eigenvalue weighted by atomic mass is 16.5. The van der Waals surface area contributed by atoms with Gasteiger partial charge in [0.15, 0.2) is 0 Å². The molecule has 2 amide bonds. The van der Waals surface area contributed by atoms with Crippen LogP contribution in [0.1, 0.15) is 17.0 Å². The second kappa shape index (κ2) is 8.73. The molecule has 142 valence electrons. The van der Waals surface area contributed by atoms with Gasteiger partial charge in [0.05, 0.1) is 6.54 Å². The molecule has 3 rings (SSSR count). The Labute approximate surface area is 161 Å². The summed E-state index contributed by atoms with van der Waals surface area (Å²) in [6, 6.07) is 16.0. The molecule has 0 aromatic heterocycles. The van der Waals surface area contributed by atoms with Crippen LogP contribution in [0.25, 0.3) is 11.1 Å². The number of hydrogen-bond donors (Lipinski definition) is 3. The van der Waals surface area contributed by atoms with Crippen LogP contribution in [0, 0.1) is 11.8 Å². The fraction of sp³-hybridized carbons (Fsp3) is 0.190. The van der Waals surface area contributed by atoms with Crippen LogP contribution >= 0.6 is 0 Å². The highest BCUT2D eigenvalue weighted by molar-refractivity contribution is 5.87. The van der Waals surface area contributed by atoms with Crippen molar-refractivity contribution in [1.82, 2.24) is 10.6 Å². The number of ether oxygens (including phenoxy) is 1. The summed E-state index contributed by atoms with van der Waals surface area (Å²) in [4.78, 5) is 33.7. The number of carboxylic acids is 1. The Bertz CT molecular complexity index is 929. The van der Waals surface area contributed by atoms with Gasteiger partial charge in [0.1, 0.15) is 13.2 Å². The number of amides is 2. The summed E-state index contributed by atoms with van der Waals surface area (Å²) < 4.78 is 5.31. The minimum absolute atomic E-state index is 0.0572. The molecule has 0 saturated heterocycles. The zero-order valence-corrected chi connectivity index (χ0v) is 14.9. The van der Waals surface area contributed by atoms with Crippen LogP contribution in [0.2, 0.25) is 0 Å². The number of hydrogen-bond acceptors (Lipinski definition) is 4. The maximum absolute atomic E-state index is 11.9. The largest absolute Gasteiger partial charge is 0.472 e. The van der Waals surface area contributed by atoms with Gasteiger partial charge in [0.25, 0.3) is 0 Å². The van der Waals surface area contributed by atoms with E-state index in [2.05, 4.69) is 16.6 Å². The van der Waals surface area contributed by atoms with Gasteiger partial charge in [-0.25, -0.2) is 9.59 Å². The molecule has 1 aliphatic rings. The zero-order valence-electron chi connectivity index (χ0n) is 14.9. The third-order valence-electron chi connectivity index (χ3n) is 4.31. The lowest BCUT2D eigenvalue weighted by Gasteiger charge is -2.14. The number of carbonyl (C=O) groups excluding carboxylic acids is 2. The quantitative estimate of drug-likeness (QED) is 0.688. The van der Waals surface area contributed by atoms with Gasteiger partial charge in [-0.05, 0) is 22.3 Å². The zero-order chi connectivity index (χ0) is 19.9. The van der Waals surface area contributed by atoms with E-state index < -0.39 is 18.0 Å². The first-order chi connectivity index (χ1) is 13.6. The molecule has 0 unspecified atom stereocenters. The lowest BCUT2D eigenvalue weighted by atomic mass is 9.98. The average molecular weight is 378 g/mol. The van der Waals surface area contributed by atoms with Crippen LogP contribution in [0.3, 0.4) is 0 Å². The van der Waals surface area contributed by atoms with Crippen molar-refractivity contribution in [3.63, 3.8) is 0 Å². The van der Waals surface area contributed by atoms with Gasteiger partial charge in [0.2, 0.25) is 5.91 Å². The fourth-order valence-corrected chi connectivity index (χ4v) is 3.13. The molecule has 2 aromatic rings. The molecule has 0 heterocycles. The Morgan fingerprint density at radius 1 is 0.964 bits per heavy atom. The van der Waals surface area contributed by atoms with Gasteiger partial charge in [-0.2, -0.15) is 0 Å². The van der Waals surface area contributed by atoms with E-state index in [-0.39, 0.29) is 25.6 Å². The van der Waals surface area contributed by atoms with Crippen molar-refractivity contribution < 1.29 is 24.2 Å². The summed E-state index contributed by atoms with van der Waals surface area (Å²) >= 11 is 0. The smallest absolute Gasteiger partial charge is 0.407 e. The fourth-order valence-electron chi connectivity index (χ4n) is 3.13. The van der Waals surface area contributed by atoms with Gasteiger partial charge >= 0.3 is 12.1 Å². The van der Waals surface area contributed by atoms with Gasteiger partial charge < -0.3 is 20.5 Å². The number of fused-ring (bicyclic) bond motifs is 3. The summed E-state index contributed by atoms with van der Waals surface area (Å²) in [7, 11) is 0. The summed E-state index contributed by atoms with van der Waals surface area (Å²) in [5.41, 5.74) is 4.47. The first kappa shape index (κ1) is 19.0. The molecule has 1 aliphatic carbocycles. The van der Waals surface area contributed by atoms with Gasteiger partial charge in [0, 0.05) is 11.8 Å².